The molecule has 70 valence electrons. The molecule has 1 rings (SSSR count). The predicted octanol–water partition coefficient (Wildman–Crippen LogP) is 0.510. The Labute approximate surface area is 73.0 Å². The van der Waals surface area contributed by atoms with E-state index in [4.69, 9.17) is 10.8 Å². The summed E-state index contributed by atoms with van der Waals surface area (Å²) in [5.74, 6) is -2.38. The van der Waals surface area contributed by atoms with E-state index in [1.165, 1.54) is 7.11 Å². The summed E-state index contributed by atoms with van der Waals surface area (Å²) in [4.78, 5) is 13.9. The van der Waals surface area contributed by atoms with Crippen LogP contribution in [0.1, 0.15) is 10.5 Å². The molecule has 6 heteroatoms. The first-order valence-electron chi connectivity index (χ1n) is 3.29. The van der Waals surface area contributed by atoms with Gasteiger partial charge in [0, 0.05) is 0 Å². The van der Waals surface area contributed by atoms with E-state index in [0.717, 1.165) is 6.20 Å². The number of carboxylic acids is 1. The van der Waals surface area contributed by atoms with Gasteiger partial charge in [-0.15, -0.1) is 0 Å². The van der Waals surface area contributed by atoms with Crippen LogP contribution in [0.25, 0.3) is 0 Å². The van der Waals surface area contributed by atoms with Gasteiger partial charge in [0.1, 0.15) is 5.69 Å². The summed E-state index contributed by atoms with van der Waals surface area (Å²) in [6.45, 7) is 0. The number of ether oxygens (including phenoxy) is 1. The van der Waals surface area contributed by atoms with Gasteiger partial charge in [0.15, 0.2) is 17.3 Å². The van der Waals surface area contributed by atoms with Gasteiger partial charge in [-0.2, -0.15) is 0 Å². The molecule has 0 fully saturated rings. The van der Waals surface area contributed by atoms with Gasteiger partial charge in [0.2, 0.25) is 0 Å². The number of rotatable bonds is 2. The number of carboxylic acid groups (broad SMARTS) is 1. The van der Waals surface area contributed by atoms with Crippen molar-refractivity contribution in [2.75, 3.05) is 12.8 Å². The molecule has 1 aromatic rings. The second-order valence-electron chi connectivity index (χ2n) is 2.21. The maximum atomic E-state index is 12.7. The van der Waals surface area contributed by atoms with E-state index in [-0.39, 0.29) is 11.4 Å². The molecule has 1 heterocycles. The number of carbonyl (C=O) groups is 1. The lowest BCUT2D eigenvalue weighted by Gasteiger charge is -2.06. The summed E-state index contributed by atoms with van der Waals surface area (Å²) < 4.78 is 17.4. The summed E-state index contributed by atoms with van der Waals surface area (Å²) in [6.07, 6.45) is 0.737. The number of nitrogens with two attached hydrogens (primary N) is 1. The van der Waals surface area contributed by atoms with Crippen LogP contribution in [-0.2, 0) is 0 Å². The maximum absolute atomic E-state index is 12.7. The van der Waals surface area contributed by atoms with Crippen LogP contribution < -0.4 is 10.5 Å². The average Bonchev–Trinajstić information content (AvgIpc) is 2.09. The Bertz CT molecular complexity index is 354. The topological polar surface area (TPSA) is 85.4 Å². The Morgan fingerprint density at radius 3 is 2.85 bits per heavy atom. The van der Waals surface area contributed by atoms with Crippen molar-refractivity contribution >= 4 is 11.7 Å². The lowest BCUT2D eigenvalue weighted by molar-refractivity contribution is 0.0686. The van der Waals surface area contributed by atoms with Crippen LogP contribution in [0, 0.1) is 5.82 Å². The van der Waals surface area contributed by atoms with E-state index in [1.54, 1.807) is 0 Å². The van der Waals surface area contributed by atoms with Crippen molar-refractivity contribution in [1.29, 1.82) is 0 Å². The molecule has 0 saturated carbocycles. The summed E-state index contributed by atoms with van der Waals surface area (Å²) >= 11 is 0. The molecule has 3 N–H and O–H groups in total. The van der Waals surface area contributed by atoms with Crippen molar-refractivity contribution in [2.45, 2.75) is 0 Å². The fourth-order valence-corrected chi connectivity index (χ4v) is 0.844. The zero-order valence-corrected chi connectivity index (χ0v) is 6.74. The average molecular weight is 186 g/mol. The Balaban J connectivity index is 3.38. The number of pyridine rings is 1. The number of nitrogen functional groups attached to an aromatic ring is 1. The third kappa shape index (κ3) is 1.51. The van der Waals surface area contributed by atoms with E-state index in [2.05, 4.69) is 9.72 Å². The number of anilines is 1. The molecule has 0 unspecified atom stereocenters. The van der Waals surface area contributed by atoms with Gasteiger partial charge in [-0.1, -0.05) is 0 Å². The lowest BCUT2D eigenvalue weighted by Crippen LogP contribution is -2.07. The molecule has 0 spiro atoms. The van der Waals surface area contributed by atoms with E-state index >= 15 is 0 Å². The molecule has 5 nitrogen and oxygen atoms in total. The smallest absolute Gasteiger partial charge is 0.358 e. The Kier molecular flexibility index (Phi) is 2.32. The van der Waals surface area contributed by atoms with Crippen LogP contribution in [-0.4, -0.2) is 23.2 Å². The number of aromatic nitrogens is 1. The zero-order chi connectivity index (χ0) is 10.0. The molecule has 0 bridgehead atoms. The van der Waals surface area contributed by atoms with Gasteiger partial charge in [-0.05, 0) is 0 Å². The molecule has 0 atom stereocenters. The largest absolute Gasteiger partial charge is 0.492 e. The molecule has 0 aliphatic carbocycles. The SMILES string of the molecule is COc1c(C(=O)O)ncc(F)c1N. The van der Waals surface area contributed by atoms with Crippen molar-refractivity contribution < 1.29 is 19.0 Å². The highest BCUT2D eigenvalue weighted by molar-refractivity contribution is 5.90. The summed E-state index contributed by atoms with van der Waals surface area (Å²) in [5, 5.41) is 8.59. The number of hydrogen-bond acceptors (Lipinski definition) is 4. The van der Waals surface area contributed by atoms with Crippen LogP contribution in [0.15, 0.2) is 6.20 Å². The first-order chi connectivity index (χ1) is 6.07. The van der Waals surface area contributed by atoms with Crippen LogP contribution in [0.3, 0.4) is 0 Å². The summed E-state index contributed by atoms with van der Waals surface area (Å²) in [7, 11) is 1.19. The number of halogens is 1. The zero-order valence-electron chi connectivity index (χ0n) is 6.74. The lowest BCUT2D eigenvalue weighted by atomic mass is 10.3. The van der Waals surface area contributed by atoms with Crippen LogP contribution >= 0.6 is 0 Å². The van der Waals surface area contributed by atoms with Gasteiger partial charge in [-0.25, -0.2) is 14.2 Å². The highest BCUT2D eigenvalue weighted by Gasteiger charge is 2.18. The number of nitrogens with zero attached hydrogens (tertiary/aromatic N) is 1. The third-order valence-corrected chi connectivity index (χ3v) is 1.43. The highest BCUT2D eigenvalue weighted by Crippen LogP contribution is 2.26. The fraction of sp³-hybridized carbons (Fsp3) is 0.143. The predicted molar refractivity (Wildman–Crippen MR) is 42.1 cm³/mol. The highest BCUT2D eigenvalue weighted by atomic mass is 19.1. The molecular weight excluding hydrogens is 179 g/mol. The van der Waals surface area contributed by atoms with Gasteiger partial charge in [0.05, 0.1) is 13.3 Å². The minimum absolute atomic E-state index is 0.257. The standard InChI is InChI=1S/C7H7FN2O3/c1-13-6-4(9)3(8)2-10-5(6)7(11)12/h2H,1H3,(H2,9,10)(H,11,12). The van der Waals surface area contributed by atoms with E-state index in [0.29, 0.717) is 0 Å². The monoisotopic (exact) mass is 186 g/mol. The molecule has 0 amide bonds. The minimum Gasteiger partial charge on any atom is -0.492 e. The molecule has 0 saturated heterocycles. The van der Waals surface area contributed by atoms with Crippen LogP contribution in [0.4, 0.5) is 10.1 Å². The molecule has 13 heavy (non-hydrogen) atoms. The van der Waals surface area contributed by atoms with Crippen LogP contribution in [0.2, 0.25) is 0 Å². The number of aromatic carboxylic acids is 1. The molecular formula is C7H7FN2O3. The first kappa shape index (κ1) is 9.24. The second-order valence-corrected chi connectivity index (χ2v) is 2.21. The molecule has 0 aliphatic rings. The van der Waals surface area contributed by atoms with E-state index < -0.39 is 17.5 Å². The molecule has 0 aromatic carbocycles. The van der Waals surface area contributed by atoms with Crippen molar-refractivity contribution in [3.63, 3.8) is 0 Å². The Morgan fingerprint density at radius 2 is 2.38 bits per heavy atom. The van der Waals surface area contributed by atoms with Crippen molar-refractivity contribution in [1.82, 2.24) is 4.98 Å². The van der Waals surface area contributed by atoms with E-state index in [1.807, 2.05) is 0 Å². The first-order valence-corrected chi connectivity index (χ1v) is 3.29. The Morgan fingerprint density at radius 1 is 1.77 bits per heavy atom. The minimum atomic E-state index is -1.32. The third-order valence-electron chi connectivity index (χ3n) is 1.43. The van der Waals surface area contributed by atoms with Crippen molar-refractivity contribution in [3.8, 4) is 5.75 Å². The number of hydrogen-bond donors (Lipinski definition) is 2. The quantitative estimate of drug-likeness (QED) is 0.702. The van der Waals surface area contributed by atoms with E-state index in [9.17, 15) is 9.18 Å². The molecule has 1 aromatic heterocycles. The summed E-state index contributed by atoms with van der Waals surface area (Å²) in [6, 6.07) is 0. The van der Waals surface area contributed by atoms with Gasteiger partial charge in [-0.3, -0.25) is 0 Å². The fourth-order valence-electron chi connectivity index (χ4n) is 0.844. The molecule has 0 radical (unpaired) electrons. The van der Waals surface area contributed by atoms with Crippen molar-refractivity contribution in [2.24, 2.45) is 0 Å². The summed E-state index contributed by atoms with van der Waals surface area (Å²) in [5.41, 5.74) is 4.47. The normalized spacial score (nSPS) is 9.69. The second kappa shape index (κ2) is 3.26. The molecule has 0 aliphatic heterocycles. The van der Waals surface area contributed by atoms with Gasteiger partial charge >= 0.3 is 5.97 Å². The Hall–Kier alpha value is -1.85. The van der Waals surface area contributed by atoms with Crippen molar-refractivity contribution in [3.05, 3.63) is 17.7 Å². The van der Waals surface area contributed by atoms with Crippen LogP contribution in [0.5, 0.6) is 5.75 Å². The van der Waals surface area contributed by atoms with Gasteiger partial charge in [0.25, 0.3) is 0 Å². The van der Waals surface area contributed by atoms with Gasteiger partial charge < -0.3 is 15.6 Å². The maximum Gasteiger partial charge on any atom is 0.358 e. The number of methoxy groups -OCH3 is 1.